The highest BCUT2D eigenvalue weighted by atomic mass is 35.5. The second kappa shape index (κ2) is 7.96. The largest absolute Gasteiger partial charge is 0.371 e. The molecule has 0 saturated heterocycles. The monoisotopic (exact) mass is 398 g/mol. The first-order chi connectivity index (χ1) is 11.9. The van der Waals surface area contributed by atoms with Gasteiger partial charge < -0.3 is 4.90 Å². The van der Waals surface area contributed by atoms with Gasteiger partial charge in [-0.25, -0.2) is 13.1 Å². The van der Waals surface area contributed by atoms with E-state index in [0.717, 1.165) is 25.9 Å². The number of benzene rings is 2. The van der Waals surface area contributed by atoms with E-state index in [-0.39, 0.29) is 5.75 Å². The number of nitrogens with zero attached hydrogens (tertiary/aromatic N) is 1. The van der Waals surface area contributed by atoms with Crippen LogP contribution in [0.3, 0.4) is 0 Å². The van der Waals surface area contributed by atoms with E-state index in [1.54, 1.807) is 18.2 Å². The van der Waals surface area contributed by atoms with Crippen molar-refractivity contribution in [2.45, 2.75) is 18.6 Å². The summed E-state index contributed by atoms with van der Waals surface area (Å²) < 4.78 is 27.0. The van der Waals surface area contributed by atoms with Crippen LogP contribution in [0.4, 0.5) is 5.69 Å². The van der Waals surface area contributed by atoms with Gasteiger partial charge in [0.1, 0.15) is 0 Å². The van der Waals surface area contributed by atoms with Crippen molar-refractivity contribution in [3.63, 3.8) is 0 Å². The summed E-state index contributed by atoms with van der Waals surface area (Å²) in [6, 6.07) is 13.2. The van der Waals surface area contributed by atoms with Crippen LogP contribution in [0.25, 0.3) is 0 Å². The van der Waals surface area contributed by atoms with Gasteiger partial charge in [-0.15, -0.1) is 0 Å². The lowest BCUT2D eigenvalue weighted by atomic mass is 10.2. The fourth-order valence-electron chi connectivity index (χ4n) is 3.04. The summed E-state index contributed by atoms with van der Waals surface area (Å²) in [6.07, 6.45) is 1.81. The Bertz CT molecular complexity index is 856. The predicted molar refractivity (Wildman–Crippen MR) is 104 cm³/mol. The molecule has 0 aliphatic carbocycles. The van der Waals surface area contributed by atoms with Crippen molar-refractivity contribution >= 4 is 38.9 Å². The summed E-state index contributed by atoms with van der Waals surface area (Å²) >= 11 is 11.8. The second-order valence-electron chi connectivity index (χ2n) is 6.12. The standard InChI is InChI=1S/C18H20Cl2N2O2S/c19-16-7-6-14(12-17(16)20)13-25(23,24)21-9-3-10-22-11-8-15-4-1-2-5-18(15)22/h1-2,4-7,12,21H,3,8-11,13H2. The third kappa shape index (κ3) is 4.88. The fourth-order valence-corrected chi connectivity index (χ4v) is 4.53. The average molecular weight is 399 g/mol. The first kappa shape index (κ1) is 18.5. The molecule has 134 valence electrons. The fraction of sp³-hybridized carbons (Fsp3) is 0.333. The molecule has 3 rings (SSSR count). The molecule has 1 N–H and O–H groups in total. The van der Waals surface area contributed by atoms with E-state index < -0.39 is 10.0 Å². The number of nitrogens with one attached hydrogen (secondary N) is 1. The summed E-state index contributed by atoms with van der Waals surface area (Å²) in [7, 11) is -3.39. The second-order valence-corrected chi connectivity index (χ2v) is 8.74. The summed E-state index contributed by atoms with van der Waals surface area (Å²) in [4.78, 5) is 2.31. The van der Waals surface area contributed by atoms with E-state index in [1.165, 1.54) is 11.3 Å². The lowest BCUT2D eigenvalue weighted by Crippen LogP contribution is -2.30. The SMILES string of the molecule is O=S(=O)(Cc1ccc(Cl)c(Cl)c1)NCCCN1CCc2ccccc21. The molecule has 1 aliphatic heterocycles. The van der Waals surface area contributed by atoms with Gasteiger partial charge in [-0.2, -0.15) is 0 Å². The van der Waals surface area contributed by atoms with Crippen LogP contribution in [-0.4, -0.2) is 28.1 Å². The van der Waals surface area contributed by atoms with Crippen LogP contribution in [0.15, 0.2) is 42.5 Å². The van der Waals surface area contributed by atoms with Gasteiger partial charge in [-0.05, 0) is 42.2 Å². The number of anilines is 1. The molecule has 1 heterocycles. The Balaban J connectivity index is 1.47. The molecule has 0 amide bonds. The molecule has 0 atom stereocenters. The van der Waals surface area contributed by atoms with E-state index >= 15 is 0 Å². The van der Waals surface area contributed by atoms with Gasteiger partial charge >= 0.3 is 0 Å². The van der Waals surface area contributed by atoms with Gasteiger partial charge in [0.2, 0.25) is 10.0 Å². The molecule has 0 radical (unpaired) electrons. The number of hydrogen-bond acceptors (Lipinski definition) is 3. The number of rotatable bonds is 7. The maximum absolute atomic E-state index is 12.2. The minimum atomic E-state index is -3.39. The Kier molecular flexibility index (Phi) is 5.89. The Morgan fingerprint density at radius 3 is 2.68 bits per heavy atom. The molecule has 0 aromatic heterocycles. The van der Waals surface area contributed by atoms with Crippen molar-refractivity contribution < 1.29 is 8.42 Å². The smallest absolute Gasteiger partial charge is 0.215 e. The highest BCUT2D eigenvalue weighted by molar-refractivity contribution is 7.88. The molecule has 7 heteroatoms. The Labute approximate surface area is 158 Å². The van der Waals surface area contributed by atoms with Crippen LogP contribution >= 0.6 is 23.2 Å². The lowest BCUT2D eigenvalue weighted by molar-refractivity contribution is 0.577. The maximum Gasteiger partial charge on any atom is 0.215 e. The molecule has 2 aromatic rings. The van der Waals surface area contributed by atoms with Crippen molar-refractivity contribution in [2.75, 3.05) is 24.5 Å². The Morgan fingerprint density at radius 1 is 1.08 bits per heavy atom. The summed E-state index contributed by atoms with van der Waals surface area (Å²) in [5.41, 5.74) is 3.25. The van der Waals surface area contributed by atoms with Crippen LogP contribution in [0.5, 0.6) is 0 Å². The quantitative estimate of drug-likeness (QED) is 0.720. The third-order valence-corrected chi connectivity index (χ3v) is 6.35. The number of fused-ring (bicyclic) bond motifs is 1. The summed E-state index contributed by atoms with van der Waals surface area (Å²) in [6.45, 7) is 2.25. The zero-order valence-corrected chi connectivity index (χ0v) is 16.0. The van der Waals surface area contributed by atoms with Crippen LogP contribution < -0.4 is 9.62 Å². The number of para-hydroxylation sites is 1. The molecular weight excluding hydrogens is 379 g/mol. The van der Waals surface area contributed by atoms with Gasteiger partial charge in [0.25, 0.3) is 0 Å². The molecule has 0 saturated carbocycles. The summed E-state index contributed by atoms with van der Waals surface area (Å²) in [5, 5.41) is 0.781. The van der Waals surface area contributed by atoms with Crippen LogP contribution in [0.1, 0.15) is 17.5 Å². The number of sulfonamides is 1. The highest BCUT2D eigenvalue weighted by Gasteiger charge is 2.18. The van der Waals surface area contributed by atoms with Crippen molar-refractivity contribution in [1.29, 1.82) is 0 Å². The number of halogens is 2. The highest BCUT2D eigenvalue weighted by Crippen LogP contribution is 2.27. The molecule has 4 nitrogen and oxygen atoms in total. The van der Waals surface area contributed by atoms with E-state index in [1.807, 2.05) is 6.07 Å². The molecule has 0 bridgehead atoms. The van der Waals surface area contributed by atoms with Gasteiger partial charge in [-0.3, -0.25) is 0 Å². The summed E-state index contributed by atoms with van der Waals surface area (Å²) in [5.74, 6) is -0.101. The molecule has 0 spiro atoms. The third-order valence-electron chi connectivity index (χ3n) is 4.25. The molecule has 0 fully saturated rings. The first-order valence-electron chi connectivity index (χ1n) is 8.19. The predicted octanol–water partition coefficient (Wildman–Crippen LogP) is 3.87. The van der Waals surface area contributed by atoms with Crippen molar-refractivity contribution in [1.82, 2.24) is 4.72 Å². The molecule has 1 aliphatic rings. The number of hydrogen-bond donors (Lipinski definition) is 1. The molecular formula is C18H20Cl2N2O2S. The minimum Gasteiger partial charge on any atom is -0.371 e. The van der Waals surface area contributed by atoms with Crippen molar-refractivity contribution in [3.8, 4) is 0 Å². The van der Waals surface area contributed by atoms with Gasteiger partial charge in [0, 0.05) is 25.3 Å². The van der Waals surface area contributed by atoms with Gasteiger partial charge in [-0.1, -0.05) is 47.5 Å². The minimum absolute atomic E-state index is 0.101. The normalized spacial score (nSPS) is 13.9. The van der Waals surface area contributed by atoms with Gasteiger partial charge in [0.05, 0.1) is 15.8 Å². The molecule has 2 aromatic carbocycles. The van der Waals surface area contributed by atoms with E-state index in [2.05, 4.69) is 27.8 Å². The van der Waals surface area contributed by atoms with Gasteiger partial charge in [0.15, 0.2) is 0 Å². The first-order valence-corrected chi connectivity index (χ1v) is 10.6. The lowest BCUT2D eigenvalue weighted by Gasteiger charge is -2.19. The van der Waals surface area contributed by atoms with Crippen LogP contribution in [0.2, 0.25) is 10.0 Å². The topological polar surface area (TPSA) is 49.4 Å². The zero-order valence-electron chi connectivity index (χ0n) is 13.7. The molecule has 25 heavy (non-hydrogen) atoms. The van der Waals surface area contributed by atoms with Crippen LogP contribution in [-0.2, 0) is 22.2 Å². The van der Waals surface area contributed by atoms with Crippen LogP contribution in [0, 0.1) is 0 Å². The average Bonchev–Trinajstić information content (AvgIpc) is 2.98. The Morgan fingerprint density at radius 2 is 1.88 bits per heavy atom. The van der Waals surface area contributed by atoms with E-state index in [4.69, 9.17) is 23.2 Å². The van der Waals surface area contributed by atoms with E-state index in [9.17, 15) is 8.42 Å². The maximum atomic E-state index is 12.2. The Hall–Kier alpha value is -1.27. The van der Waals surface area contributed by atoms with E-state index in [0.29, 0.717) is 22.2 Å². The van der Waals surface area contributed by atoms with Crippen molar-refractivity contribution in [3.05, 3.63) is 63.6 Å². The van der Waals surface area contributed by atoms with Crippen molar-refractivity contribution in [2.24, 2.45) is 0 Å². The molecule has 0 unspecified atom stereocenters. The zero-order chi connectivity index (χ0) is 17.9.